The van der Waals surface area contributed by atoms with E-state index in [1.807, 2.05) is 19.9 Å². The zero-order chi connectivity index (χ0) is 32.1. The third kappa shape index (κ3) is 7.63. The Morgan fingerprint density at radius 2 is 1.70 bits per heavy atom. The van der Waals surface area contributed by atoms with Gasteiger partial charge in [0.1, 0.15) is 17.6 Å². The Labute approximate surface area is 254 Å². The fourth-order valence-corrected chi connectivity index (χ4v) is 5.52. The Hall–Kier alpha value is -4.25. The second kappa shape index (κ2) is 14.0. The lowest BCUT2D eigenvalue weighted by molar-refractivity contribution is -0.144. The lowest BCUT2D eigenvalue weighted by Crippen LogP contribution is -2.41. The number of benzene rings is 2. The maximum atomic E-state index is 15.4. The number of ether oxygens (including phenoxy) is 1. The summed E-state index contributed by atoms with van der Waals surface area (Å²) in [5.74, 6) is -6.12. The van der Waals surface area contributed by atoms with Crippen molar-refractivity contribution in [3.05, 3.63) is 81.8 Å². The molecule has 2 aromatic carbocycles. The van der Waals surface area contributed by atoms with Gasteiger partial charge in [0.25, 0.3) is 0 Å². The van der Waals surface area contributed by atoms with Crippen LogP contribution in [0.4, 0.5) is 19.0 Å². The number of aromatic nitrogens is 1. The molecule has 0 spiro atoms. The molecule has 3 N–H and O–H groups in total. The van der Waals surface area contributed by atoms with E-state index >= 15 is 8.78 Å². The molecule has 0 aliphatic carbocycles. The van der Waals surface area contributed by atoms with Gasteiger partial charge in [-0.3, -0.25) is 14.4 Å². The molecule has 2 heterocycles. The van der Waals surface area contributed by atoms with Gasteiger partial charge >= 0.3 is 5.97 Å². The fraction of sp³-hybridized carbons (Fsp3) is 0.394. The molecule has 0 radical (unpaired) electrons. The molecule has 1 aliphatic heterocycles. The lowest BCUT2D eigenvalue weighted by atomic mass is 9.91. The number of carbonyl (C=O) groups is 3. The zero-order valence-corrected chi connectivity index (χ0v) is 25.4. The predicted octanol–water partition coefficient (Wildman–Crippen LogP) is 5.80. The number of nitrogens with zero attached hydrogens (tertiary/aromatic N) is 1. The van der Waals surface area contributed by atoms with Crippen LogP contribution >= 0.6 is 0 Å². The van der Waals surface area contributed by atoms with E-state index in [1.54, 1.807) is 26.8 Å². The number of esters is 1. The molecule has 8 nitrogen and oxygen atoms in total. The largest absolute Gasteiger partial charge is 0.466 e. The molecule has 2 amide bonds. The van der Waals surface area contributed by atoms with Crippen LogP contribution in [-0.4, -0.2) is 29.4 Å². The molecule has 1 aliphatic rings. The second-order valence-electron chi connectivity index (χ2n) is 11.4. The first-order valence-electron chi connectivity index (χ1n) is 14.6. The Bertz CT molecular complexity index is 1550. The van der Waals surface area contributed by atoms with Crippen LogP contribution in [0.3, 0.4) is 0 Å². The van der Waals surface area contributed by atoms with Gasteiger partial charge in [-0.1, -0.05) is 19.9 Å². The number of anilines is 1. The van der Waals surface area contributed by atoms with Crippen molar-refractivity contribution in [3.63, 3.8) is 0 Å². The van der Waals surface area contributed by atoms with Crippen LogP contribution in [0.25, 0.3) is 11.1 Å². The van der Waals surface area contributed by atoms with E-state index in [0.717, 1.165) is 17.3 Å². The highest BCUT2D eigenvalue weighted by molar-refractivity contribution is 6.06. The van der Waals surface area contributed by atoms with Crippen molar-refractivity contribution >= 4 is 23.6 Å². The van der Waals surface area contributed by atoms with Crippen LogP contribution in [-0.2, 0) is 32.2 Å². The van der Waals surface area contributed by atoms with Gasteiger partial charge in [0.2, 0.25) is 11.8 Å². The molecule has 3 aromatic rings. The van der Waals surface area contributed by atoms with Crippen LogP contribution in [0.15, 0.2) is 36.4 Å². The number of carbonyl (C=O) groups excluding carboxylic acids is 3. The van der Waals surface area contributed by atoms with Crippen molar-refractivity contribution in [2.45, 2.75) is 66.6 Å². The van der Waals surface area contributed by atoms with Crippen molar-refractivity contribution in [1.29, 1.82) is 0 Å². The number of fused-ring (bicyclic) bond motifs is 1. The average Bonchev–Trinajstić information content (AvgIpc) is 3.40. The third-order valence-corrected chi connectivity index (χ3v) is 7.48. The van der Waals surface area contributed by atoms with Crippen LogP contribution in [0.2, 0.25) is 0 Å². The zero-order valence-electron chi connectivity index (χ0n) is 25.4. The molecule has 11 heteroatoms. The van der Waals surface area contributed by atoms with Gasteiger partial charge in [-0.15, -0.1) is 0 Å². The monoisotopic (exact) mass is 610 g/mol. The minimum absolute atomic E-state index is 0.0338. The minimum Gasteiger partial charge on any atom is -0.466 e. The van der Waals surface area contributed by atoms with E-state index in [9.17, 15) is 18.8 Å². The first-order valence-corrected chi connectivity index (χ1v) is 14.6. The Balaban J connectivity index is 1.69. The summed E-state index contributed by atoms with van der Waals surface area (Å²) in [6.07, 6.45) is -0.378. The maximum absolute atomic E-state index is 15.4. The normalized spacial score (nSPS) is 13.8. The number of nitrogens with one attached hydrogen (secondary N) is 3. The van der Waals surface area contributed by atoms with Crippen LogP contribution in [0.5, 0.6) is 0 Å². The molecule has 0 bridgehead atoms. The van der Waals surface area contributed by atoms with Crippen molar-refractivity contribution in [2.75, 3.05) is 11.9 Å². The molecule has 0 saturated carbocycles. The SMILES string of the molecule is CCOC(=O)C[C@H](NC(=O)[C@H](CC(C)C)C(=O)Nc1ccc2c(n1)CNC2)c1cc(-c2c(C)cc(F)cc2C)cc(F)c1F. The van der Waals surface area contributed by atoms with E-state index < -0.39 is 53.6 Å². The number of pyridine rings is 1. The molecule has 234 valence electrons. The summed E-state index contributed by atoms with van der Waals surface area (Å²) in [7, 11) is 0. The fourth-order valence-electron chi connectivity index (χ4n) is 5.52. The standard InChI is InChI=1S/C33H37F3N4O4/c1-6-44-29(41)14-26(23-12-21(13-25(35)31(23)36)30-18(4)10-22(34)11-19(30)5)39-32(42)24(9-17(2)3)33(43)40-28-8-7-20-15-37-16-27(20)38-28/h7-8,10-13,17,24,26,37H,6,9,14-16H2,1-5H3,(H,39,42)(H,38,40,43)/t24-,26-/m0/s1. The number of aryl methyl sites for hydroxylation is 2. The molecule has 44 heavy (non-hydrogen) atoms. The molecule has 0 saturated heterocycles. The van der Waals surface area contributed by atoms with E-state index in [0.29, 0.717) is 29.8 Å². The van der Waals surface area contributed by atoms with Crippen molar-refractivity contribution in [1.82, 2.24) is 15.6 Å². The summed E-state index contributed by atoms with van der Waals surface area (Å²) in [4.78, 5) is 44.2. The Morgan fingerprint density at radius 1 is 1.00 bits per heavy atom. The van der Waals surface area contributed by atoms with Crippen LogP contribution < -0.4 is 16.0 Å². The van der Waals surface area contributed by atoms with Gasteiger partial charge in [-0.25, -0.2) is 18.2 Å². The van der Waals surface area contributed by atoms with E-state index in [2.05, 4.69) is 20.9 Å². The summed E-state index contributed by atoms with van der Waals surface area (Å²) in [5, 5.41) is 8.51. The smallest absolute Gasteiger partial charge is 0.308 e. The van der Waals surface area contributed by atoms with E-state index in [1.165, 1.54) is 18.2 Å². The molecule has 1 aromatic heterocycles. The Morgan fingerprint density at radius 3 is 2.36 bits per heavy atom. The van der Waals surface area contributed by atoms with Gasteiger partial charge in [0.15, 0.2) is 11.6 Å². The minimum atomic E-state index is -1.37. The number of hydrogen-bond donors (Lipinski definition) is 3. The van der Waals surface area contributed by atoms with Crippen LogP contribution in [0.1, 0.15) is 67.6 Å². The molecule has 2 atom stereocenters. The van der Waals surface area contributed by atoms with Gasteiger partial charge in [0, 0.05) is 18.7 Å². The van der Waals surface area contributed by atoms with Crippen LogP contribution in [0, 0.1) is 43.1 Å². The van der Waals surface area contributed by atoms with Gasteiger partial charge < -0.3 is 20.7 Å². The first-order chi connectivity index (χ1) is 20.9. The number of amides is 2. The highest BCUT2D eigenvalue weighted by atomic mass is 19.2. The predicted molar refractivity (Wildman–Crippen MR) is 160 cm³/mol. The summed E-state index contributed by atoms with van der Waals surface area (Å²) in [6, 6.07) is 7.01. The van der Waals surface area contributed by atoms with E-state index in [-0.39, 0.29) is 35.9 Å². The highest BCUT2D eigenvalue weighted by Crippen LogP contribution is 2.34. The molecule has 4 rings (SSSR count). The topological polar surface area (TPSA) is 109 Å². The highest BCUT2D eigenvalue weighted by Gasteiger charge is 2.33. The van der Waals surface area contributed by atoms with Crippen molar-refractivity contribution < 1.29 is 32.3 Å². The van der Waals surface area contributed by atoms with E-state index in [4.69, 9.17) is 4.74 Å². The quantitative estimate of drug-likeness (QED) is 0.187. The summed E-state index contributed by atoms with van der Waals surface area (Å²) in [5.41, 5.74) is 3.23. The molecule has 0 fully saturated rings. The first kappa shape index (κ1) is 32.7. The summed E-state index contributed by atoms with van der Waals surface area (Å²) >= 11 is 0. The molecular weight excluding hydrogens is 573 g/mol. The Kier molecular flexibility index (Phi) is 10.4. The van der Waals surface area contributed by atoms with Gasteiger partial charge in [-0.05, 0) is 91.3 Å². The number of hydrogen-bond acceptors (Lipinski definition) is 6. The number of halogens is 3. The second-order valence-corrected chi connectivity index (χ2v) is 11.4. The molecule has 0 unspecified atom stereocenters. The van der Waals surface area contributed by atoms with Crippen molar-refractivity contribution in [3.8, 4) is 11.1 Å². The third-order valence-electron chi connectivity index (χ3n) is 7.48. The van der Waals surface area contributed by atoms with Gasteiger partial charge in [0.05, 0.1) is 24.8 Å². The van der Waals surface area contributed by atoms with Crippen molar-refractivity contribution in [2.24, 2.45) is 11.8 Å². The molecular formula is C33H37F3N4O4. The summed E-state index contributed by atoms with van der Waals surface area (Å²) in [6.45, 7) is 9.84. The maximum Gasteiger partial charge on any atom is 0.308 e. The number of rotatable bonds is 11. The summed E-state index contributed by atoms with van der Waals surface area (Å²) < 4.78 is 49.6. The van der Waals surface area contributed by atoms with Gasteiger partial charge in [-0.2, -0.15) is 0 Å². The lowest BCUT2D eigenvalue weighted by Gasteiger charge is -2.24. The average molecular weight is 611 g/mol.